The average molecular weight is 568 g/mol. The molecule has 0 spiro atoms. The minimum atomic E-state index is -1.20. The van der Waals surface area contributed by atoms with Crippen LogP contribution in [0.2, 0.25) is 0 Å². The van der Waals surface area contributed by atoms with Gasteiger partial charge in [-0.3, -0.25) is 9.59 Å². The van der Waals surface area contributed by atoms with E-state index in [-0.39, 0.29) is 43.5 Å². The van der Waals surface area contributed by atoms with Crippen LogP contribution >= 0.6 is 0 Å². The Balaban J connectivity index is 1.52. The van der Waals surface area contributed by atoms with Crippen LogP contribution in [0.4, 0.5) is 4.79 Å². The van der Waals surface area contributed by atoms with Crippen LogP contribution in [0, 0.1) is 0 Å². The lowest BCUT2D eigenvalue weighted by molar-refractivity contribution is -0.144. The summed E-state index contributed by atoms with van der Waals surface area (Å²) in [5, 5.41) is 5.78. The number of benzene rings is 1. The molecule has 1 aliphatic heterocycles. The van der Waals surface area contributed by atoms with Gasteiger partial charge in [-0.1, -0.05) is 30.3 Å². The quantitative estimate of drug-likeness (QED) is 0.307. The number of ether oxygens (including phenoxy) is 3. The first-order chi connectivity index (χ1) is 19.9. The van der Waals surface area contributed by atoms with Crippen LogP contribution in [-0.2, 0) is 19.1 Å². The molecular formula is C29H37N5O7. The molecule has 1 unspecified atom stereocenters. The standard InChI is InChI=1S/C29H37N5O7/c1-2-39-25(35)14-8-13-22(28(37)41-29(38)34-17-15-30-16-18-34)32-27(36)23-19-24(40-21-11-6-7-12-21)33-26(31-23)20-9-4-3-5-10-20/h3-5,9-10,19,21-22,30H,2,6-8,11-18H2,1H3,(H,32,36). The minimum Gasteiger partial charge on any atom is -0.474 e. The zero-order valence-corrected chi connectivity index (χ0v) is 23.3. The third kappa shape index (κ3) is 8.97. The van der Waals surface area contributed by atoms with Gasteiger partial charge in [0.2, 0.25) is 5.88 Å². The van der Waals surface area contributed by atoms with Gasteiger partial charge < -0.3 is 29.7 Å². The molecule has 12 heteroatoms. The third-order valence-corrected chi connectivity index (χ3v) is 6.89. The fourth-order valence-corrected chi connectivity index (χ4v) is 4.73. The Morgan fingerprint density at radius 2 is 1.80 bits per heavy atom. The molecule has 1 aromatic heterocycles. The Labute approximate surface area is 239 Å². The second kappa shape index (κ2) is 15.1. The highest BCUT2D eigenvalue weighted by molar-refractivity contribution is 5.97. The smallest absolute Gasteiger partial charge is 0.417 e. The van der Waals surface area contributed by atoms with Gasteiger partial charge in [0, 0.05) is 44.2 Å². The van der Waals surface area contributed by atoms with E-state index in [0.29, 0.717) is 37.6 Å². The predicted molar refractivity (Wildman–Crippen MR) is 148 cm³/mol. The summed E-state index contributed by atoms with van der Waals surface area (Å²) in [7, 11) is 0. The highest BCUT2D eigenvalue weighted by Gasteiger charge is 2.29. The molecular weight excluding hydrogens is 530 g/mol. The maximum Gasteiger partial charge on any atom is 0.417 e. The molecule has 4 rings (SSSR count). The van der Waals surface area contributed by atoms with Crippen molar-refractivity contribution in [1.82, 2.24) is 25.5 Å². The van der Waals surface area contributed by atoms with Crippen molar-refractivity contribution in [1.29, 1.82) is 0 Å². The van der Waals surface area contributed by atoms with Crippen molar-refractivity contribution in [3.8, 4) is 17.3 Å². The summed E-state index contributed by atoms with van der Waals surface area (Å²) >= 11 is 0. The summed E-state index contributed by atoms with van der Waals surface area (Å²) in [4.78, 5) is 61.4. The molecule has 0 radical (unpaired) electrons. The van der Waals surface area contributed by atoms with Gasteiger partial charge in [0.1, 0.15) is 17.8 Å². The number of nitrogens with one attached hydrogen (secondary N) is 2. The molecule has 2 fully saturated rings. The summed E-state index contributed by atoms with van der Waals surface area (Å²) < 4.78 is 16.2. The number of piperazine rings is 1. The number of rotatable bonds is 11. The van der Waals surface area contributed by atoms with Gasteiger partial charge in [-0.25, -0.2) is 14.6 Å². The van der Waals surface area contributed by atoms with Crippen molar-refractivity contribution in [3.63, 3.8) is 0 Å². The molecule has 220 valence electrons. The topological polar surface area (TPSA) is 149 Å². The van der Waals surface area contributed by atoms with E-state index in [0.717, 1.165) is 25.7 Å². The van der Waals surface area contributed by atoms with Gasteiger partial charge in [-0.15, -0.1) is 0 Å². The SMILES string of the molecule is CCOC(=O)CCCC(NC(=O)c1cc(OC2CCCC2)nc(-c2ccccc2)n1)C(=O)OC(=O)N1CCNCC1. The van der Waals surface area contributed by atoms with Crippen molar-refractivity contribution in [2.75, 3.05) is 32.8 Å². The number of carbonyl (C=O) groups is 4. The number of aromatic nitrogens is 2. The van der Waals surface area contributed by atoms with Crippen molar-refractivity contribution in [2.45, 2.75) is 64.0 Å². The lowest BCUT2D eigenvalue weighted by Crippen LogP contribution is -2.49. The van der Waals surface area contributed by atoms with E-state index in [1.165, 1.54) is 11.0 Å². The van der Waals surface area contributed by atoms with Gasteiger partial charge in [-0.05, 0) is 45.4 Å². The Bertz CT molecular complexity index is 1200. The molecule has 1 aliphatic carbocycles. The lowest BCUT2D eigenvalue weighted by atomic mass is 10.1. The van der Waals surface area contributed by atoms with Gasteiger partial charge in [0.25, 0.3) is 5.91 Å². The number of nitrogens with zero attached hydrogens (tertiary/aromatic N) is 3. The Morgan fingerprint density at radius 3 is 2.51 bits per heavy atom. The van der Waals surface area contributed by atoms with E-state index in [2.05, 4.69) is 20.6 Å². The number of esters is 2. The van der Waals surface area contributed by atoms with E-state index < -0.39 is 30.0 Å². The number of carbonyl (C=O) groups excluding carboxylic acids is 4. The van der Waals surface area contributed by atoms with E-state index >= 15 is 0 Å². The van der Waals surface area contributed by atoms with Gasteiger partial charge in [0.05, 0.1) is 6.61 Å². The Kier molecular flexibility index (Phi) is 11.0. The molecule has 1 saturated carbocycles. The fraction of sp³-hybridized carbons (Fsp3) is 0.517. The van der Waals surface area contributed by atoms with E-state index in [1.54, 1.807) is 6.92 Å². The first-order valence-electron chi connectivity index (χ1n) is 14.2. The molecule has 41 heavy (non-hydrogen) atoms. The molecule has 2 heterocycles. The zero-order valence-electron chi connectivity index (χ0n) is 23.3. The van der Waals surface area contributed by atoms with Crippen molar-refractivity contribution >= 4 is 23.9 Å². The first-order valence-corrected chi connectivity index (χ1v) is 14.2. The van der Waals surface area contributed by atoms with Crippen LogP contribution in [0.5, 0.6) is 5.88 Å². The highest BCUT2D eigenvalue weighted by atomic mass is 16.6. The molecule has 2 aliphatic rings. The fourth-order valence-electron chi connectivity index (χ4n) is 4.73. The Morgan fingerprint density at radius 1 is 1.07 bits per heavy atom. The minimum absolute atomic E-state index is 0.00322. The van der Waals surface area contributed by atoms with E-state index in [4.69, 9.17) is 14.2 Å². The second-order valence-electron chi connectivity index (χ2n) is 9.95. The van der Waals surface area contributed by atoms with Crippen LogP contribution in [-0.4, -0.2) is 83.7 Å². The summed E-state index contributed by atoms with van der Waals surface area (Å²) in [6.07, 6.45) is 3.50. The van der Waals surface area contributed by atoms with Crippen LogP contribution in [0.1, 0.15) is 62.4 Å². The maximum absolute atomic E-state index is 13.5. The first kappa shape index (κ1) is 29.9. The molecule has 2 N–H and O–H groups in total. The maximum atomic E-state index is 13.5. The highest BCUT2D eigenvalue weighted by Crippen LogP contribution is 2.25. The van der Waals surface area contributed by atoms with E-state index in [1.807, 2.05) is 30.3 Å². The summed E-state index contributed by atoms with van der Waals surface area (Å²) in [5.41, 5.74) is 0.703. The molecule has 2 aromatic rings. The molecule has 12 nitrogen and oxygen atoms in total. The summed E-state index contributed by atoms with van der Waals surface area (Å²) in [6, 6.07) is 9.46. The van der Waals surface area contributed by atoms with Gasteiger partial charge in [0.15, 0.2) is 5.82 Å². The van der Waals surface area contributed by atoms with Crippen LogP contribution in [0.3, 0.4) is 0 Å². The molecule has 2 amide bonds. The van der Waals surface area contributed by atoms with Gasteiger partial charge >= 0.3 is 18.0 Å². The van der Waals surface area contributed by atoms with Crippen LogP contribution in [0.15, 0.2) is 36.4 Å². The Hall–Kier alpha value is -4.06. The predicted octanol–water partition coefficient (Wildman–Crippen LogP) is 2.87. The normalized spacial score (nSPS) is 16.1. The number of hydrogen-bond donors (Lipinski definition) is 2. The molecule has 0 bridgehead atoms. The molecule has 1 atom stereocenters. The lowest BCUT2D eigenvalue weighted by Gasteiger charge is -2.27. The second-order valence-corrected chi connectivity index (χ2v) is 9.95. The summed E-state index contributed by atoms with van der Waals surface area (Å²) in [5.74, 6) is -1.41. The monoisotopic (exact) mass is 567 g/mol. The van der Waals surface area contributed by atoms with Gasteiger partial charge in [-0.2, -0.15) is 4.98 Å². The number of amides is 2. The summed E-state index contributed by atoms with van der Waals surface area (Å²) in [6.45, 7) is 3.93. The largest absolute Gasteiger partial charge is 0.474 e. The average Bonchev–Trinajstić information content (AvgIpc) is 3.50. The van der Waals surface area contributed by atoms with E-state index in [9.17, 15) is 19.2 Å². The third-order valence-electron chi connectivity index (χ3n) is 6.89. The molecule has 1 aromatic carbocycles. The number of hydrogen-bond acceptors (Lipinski definition) is 10. The van der Waals surface area contributed by atoms with Crippen LogP contribution in [0.25, 0.3) is 11.4 Å². The molecule has 1 saturated heterocycles. The van der Waals surface area contributed by atoms with Crippen molar-refractivity contribution in [2.24, 2.45) is 0 Å². The zero-order chi connectivity index (χ0) is 29.0. The van der Waals surface area contributed by atoms with Crippen molar-refractivity contribution in [3.05, 3.63) is 42.1 Å². The van der Waals surface area contributed by atoms with Crippen molar-refractivity contribution < 1.29 is 33.4 Å². The van der Waals surface area contributed by atoms with Crippen LogP contribution < -0.4 is 15.4 Å².